The molecule has 10 heteroatoms. The second-order valence-corrected chi connectivity index (χ2v) is 12.3. The summed E-state index contributed by atoms with van der Waals surface area (Å²) in [6.07, 6.45) is 3.19. The third-order valence-electron chi connectivity index (χ3n) is 7.92. The van der Waals surface area contributed by atoms with E-state index in [1.165, 1.54) is 11.8 Å². The Morgan fingerprint density at radius 2 is 1.93 bits per heavy atom. The lowest BCUT2D eigenvalue weighted by Crippen LogP contribution is -2.33. The number of carbonyl (C=O) groups is 3. The third-order valence-corrected chi connectivity index (χ3v) is 8.94. The molecule has 0 saturated carbocycles. The zero-order valence-electron chi connectivity index (χ0n) is 24.9. The van der Waals surface area contributed by atoms with Crippen LogP contribution >= 0.6 is 11.3 Å². The summed E-state index contributed by atoms with van der Waals surface area (Å²) in [5.41, 5.74) is 5.85. The van der Waals surface area contributed by atoms with Crippen LogP contribution in [0.15, 0.2) is 59.9 Å². The van der Waals surface area contributed by atoms with Crippen molar-refractivity contribution in [3.8, 4) is 10.9 Å². The molecule has 43 heavy (non-hydrogen) atoms. The Balaban J connectivity index is 1.41. The molecule has 1 N–H and O–H groups in total. The van der Waals surface area contributed by atoms with Gasteiger partial charge in [-0.1, -0.05) is 43.4 Å². The lowest BCUT2D eigenvalue weighted by Gasteiger charge is -2.19. The van der Waals surface area contributed by atoms with Gasteiger partial charge in [-0.2, -0.15) is 0 Å². The number of carbonyl (C=O) groups excluding carboxylic acids is 3. The lowest BCUT2D eigenvalue weighted by molar-refractivity contribution is -0.139. The van der Waals surface area contributed by atoms with Crippen LogP contribution in [-0.4, -0.2) is 45.4 Å². The molecule has 4 aromatic rings. The van der Waals surface area contributed by atoms with E-state index in [9.17, 15) is 14.4 Å². The zero-order valence-corrected chi connectivity index (χ0v) is 25.7. The smallest absolute Gasteiger partial charge is 0.350 e. The number of thiazole rings is 1. The SMILES string of the molecule is CCOC(=O)c1sc(Oc2ccc(C3C4=C(CN(C(C)=O)C4=O)Nc4cccc5c4c3cn5CCC(C)C)cc2)nc1C. The summed E-state index contributed by atoms with van der Waals surface area (Å²) >= 11 is 1.14. The lowest BCUT2D eigenvalue weighted by atomic mass is 9.84. The minimum atomic E-state index is -0.415. The Kier molecular flexibility index (Phi) is 7.56. The van der Waals surface area contributed by atoms with Crippen molar-refractivity contribution in [1.82, 2.24) is 14.5 Å². The number of nitrogens with one attached hydrogen (secondary N) is 1. The van der Waals surface area contributed by atoms with Crippen LogP contribution in [0.5, 0.6) is 10.9 Å². The van der Waals surface area contributed by atoms with Crippen molar-refractivity contribution in [2.45, 2.75) is 53.5 Å². The van der Waals surface area contributed by atoms with E-state index in [0.29, 0.717) is 33.0 Å². The van der Waals surface area contributed by atoms with Gasteiger partial charge in [-0.15, -0.1) is 0 Å². The highest BCUT2D eigenvalue weighted by molar-refractivity contribution is 7.15. The number of esters is 1. The average molecular weight is 599 g/mol. The Bertz CT molecular complexity index is 1780. The summed E-state index contributed by atoms with van der Waals surface area (Å²) in [5, 5.41) is 4.96. The summed E-state index contributed by atoms with van der Waals surface area (Å²) in [6, 6.07) is 13.8. The predicted octanol–water partition coefficient (Wildman–Crippen LogP) is 6.62. The first-order valence-corrected chi connectivity index (χ1v) is 15.3. The number of hydrogen-bond acceptors (Lipinski definition) is 8. The molecule has 6 rings (SSSR count). The van der Waals surface area contributed by atoms with Crippen LogP contribution in [0, 0.1) is 12.8 Å². The van der Waals surface area contributed by atoms with Crippen LogP contribution in [0.4, 0.5) is 5.69 Å². The molecular weight excluding hydrogens is 564 g/mol. The monoisotopic (exact) mass is 598 g/mol. The molecule has 2 aliphatic rings. The summed E-state index contributed by atoms with van der Waals surface area (Å²) < 4.78 is 13.4. The van der Waals surface area contributed by atoms with E-state index in [1.807, 2.05) is 36.4 Å². The number of aromatic nitrogens is 2. The fraction of sp³-hybridized carbons (Fsp3) is 0.333. The fourth-order valence-electron chi connectivity index (χ4n) is 5.83. The van der Waals surface area contributed by atoms with E-state index in [1.54, 1.807) is 13.8 Å². The molecule has 2 aromatic heterocycles. The molecular formula is C33H34N4O5S. The van der Waals surface area contributed by atoms with Gasteiger partial charge < -0.3 is 19.4 Å². The molecule has 0 aliphatic carbocycles. The Hall–Kier alpha value is -4.44. The van der Waals surface area contributed by atoms with Crippen LogP contribution in [0.3, 0.4) is 0 Å². The van der Waals surface area contributed by atoms with E-state index in [0.717, 1.165) is 57.7 Å². The summed E-state index contributed by atoms with van der Waals surface area (Å²) in [7, 11) is 0. The van der Waals surface area contributed by atoms with Crippen molar-refractivity contribution in [1.29, 1.82) is 0 Å². The first kappa shape index (κ1) is 28.7. The molecule has 222 valence electrons. The molecule has 4 heterocycles. The van der Waals surface area contributed by atoms with Gasteiger partial charge in [0.1, 0.15) is 10.6 Å². The van der Waals surface area contributed by atoms with Gasteiger partial charge in [-0.05, 0) is 61.6 Å². The maximum atomic E-state index is 13.8. The van der Waals surface area contributed by atoms with Crippen molar-refractivity contribution < 1.29 is 23.9 Å². The van der Waals surface area contributed by atoms with Gasteiger partial charge in [0.25, 0.3) is 11.1 Å². The number of nitrogens with zero attached hydrogens (tertiary/aromatic N) is 3. The van der Waals surface area contributed by atoms with Gasteiger partial charge >= 0.3 is 5.97 Å². The van der Waals surface area contributed by atoms with Crippen LogP contribution in [0.2, 0.25) is 0 Å². The number of ether oxygens (including phenoxy) is 2. The average Bonchev–Trinajstić information content (AvgIpc) is 3.60. The van der Waals surface area contributed by atoms with Crippen molar-refractivity contribution in [3.63, 3.8) is 0 Å². The molecule has 1 unspecified atom stereocenters. The minimum Gasteiger partial charge on any atom is -0.462 e. The molecule has 1 atom stereocenters. The number of imide groups is 1. The highest BCUT2D eigenvalue weighted by Gasteiger charge is 2.41. The van der Waals surface area contributed by atoms with E-state index in [2.05, 4.69) is 41.0 Å². The quantitative estimate of drug-likeness (QED) is 0.227. The molecule has 9 nitrogen and oxygen atoms in total. The zero-order chi connectivity index (χ0) is 30.4. The first-order chi connectivity index (χ1) is 20.7. The van der Waals surface area contributed by atoms with Crippen LogP contribution in [-0.2, 0) is 20.9 Å². The van der Waals surface area contributed by atoms with Gasteiger partial charge in [0.05, 0.1) is 29.9 Å². The van der Waals surface area contributed by atoms with E-state index in [-0.39, 0.29) is 25.0 Å². The van der Waals surface area contributed by atoms with Gasteiger partial charge in [0.15, 0.2) is 0 Å². The molecule has 2 aliphatic heterocycles. The fourth-order valence-corrected chi connectivity index (χ4v) is 6.66. The molecule has 2 aromatic carbocycles. The number of rotatable bonds is 8. The standard InChI is InChI=1S/C33H34N4O5S/c1-6-41-32(40)30-19(4)34-33(43-30)42-22-12-10-21(11-13-22)27-23-16-36(15-14-18(2)3)26-9-7-8-24(28(23)26)35-25-17-37(20(5)38)31(39)29(25)27/h7-13,16,18,27,35H,6,14-15,17H2,1-5H3. The highest BCUT2D eigenvalue weighted by atomic mass is 32.1. The van der Waals surface area contributed by atoms with Crippen molar-refractivity contribution in [2.24, 2.45) is 5.92 Å². The van der Waals surface area contributed by atoms with Gasteiger partial charge in [-0.3, -0.25) is 14.5 Å². The molecule has 2 amide bonds. The topological polar surface area (TPSA) is 103 Å². The maximum absolute atomic E-state index is 13.8. The second-order valence-electron chi connectivity index (χ2n) is 11.3. The summed E-state index contributed by atoms with van der Waals surface area (Å²) in [6.45, 7) is 10.7. The van der Waals surface area contributed by atoms with Crippen LogP contribution in [0.1, 0.15) is 66.5 Å². The summed E-state index contributed by atoms with van der Waals surface area (Å²) in [4.78, 5) is 44.6. The van der Waals surface area contributed by atoms with Crippen molar-refractivity contribution in [2.75, 3.05) is 18.5 Å². The van der Waals surface area contributed by atoms with Crippen molar-refractivity contribution >= 4 is 45.7 Å². The Labute approximate surface area is 254 Å². The number of amides is 2. The van der Waals surface area contributed by atoms with Gasteiger partial charge in [0.2, 0.25) is 5.91 Å². The van der Waals surface area contributed by atoms with Crippen molar-refractivity contribution in [3.05, 3.63) is 81.6 Å². The third kappa shape index (κ3) is 5.20. The minimum absolute atomic E-state index is 0.210. The number of benzene rings is 2. The van der Waals surface area contributed by atoms with E-state index >= 15 is 0 Å². The normalized spacial score (nSPS) is 16.0. The number of aryl methyl sites for hydroxylation is 2. The predicted molar refractivity (Wildman–Crippen MR) is 166 cm³/mol. The van der Waals surface area contributed by atoms with Gasteiger partial charge in [0, 0.05) is 42.4 Å². The van der Waals surface area contributed by atoms with Crippen LogP contribution in [0.25, 0.3) is 10.9 Å². The second kappa shape index (κ2) is 11.3. The van der Waals surface area contributed by atoms with Crippen LogP contribution < -0.4 is 10.1 Å². The first-order valence-electron chi connectivity index (χ1n) is 14.5. The summed E-state index contributed by atoms with van der Waals surface area (Å²) in [5.74, 6) is -0.267. The Morgan fingerprint density at radius 1 is 1.16 bits per heavy atom. The largest absolute Gasteiger partial charge is 0.462 e. The molecule has 0 radical (unpaired) electrons. The number of hydrogen-bond donors (Lipinski definition) is 1. The molecule has 0 bridgehead atoms. The molecule has 0 spiro atoms. The molecule has 0 saturated heterocycles. The number of anilines is 1. The maximum Gasteiger partial charge on any atom is 0.350 e. The van der Waals surface area contributed by atoms with E-state index in [4.69, 9.17) is 9.47 Å². The van der Waals surface area contributed by atoms with E-state index < -0.39 is 11.9 Å². The molecule has 0 fully saturated rings. The highest BCUT2D eigenvalue weighted by Crippen LogP contribution is 2.47. The van der Waals surface area contributed by atoms with Gasteiger partial charge in [-0.25, -0.2) is 9.78 Å². The Morgan fingerprint density at radius 3 is 2.63 bits per heavy atom.